The van der Waals surface area contributed by atoms with Crippen LogP contribution in [0.4, 0.5) is 5.13 Å². The van der Waals surface area contributed by atoms with Gasteiger partial charge in [0.15, 0.2) is 11.0 Å². The van der Waals surface area contributed by atoms with E-state index in [2.05, 4.69) is 53.4 Å². The van der Waals surface area contributed by atoms with Gasteiger partial charge in [-0.2, -0.15) is 0 Å². The van der Waals surface area contributed by atoms with Gasteiger partial charge in [0.1, 0.15) is 0 Å². The van der Waals surface area contributed by atoms with Gasteiger partial charge in [-0.3, -0.25) is 4.79 Å². The van der Waals surface area contributed by atoms with Crippen molar-refractivity contribution in [3.8, 4) is 11.4 Å². The average molecular weight is 389 g/mol. The Bertz CT molecular complexity index is 881. The molecule has 1 amide bonds. The molecule has 136 valence electrons. The number of nitrogens with one attached hydrogen (secondary N) is 1. The van der Waals surface area contributed by atoms with Crippen LogP contribution in [-0.4, -0.2) is 31.5 Å². The van der Waals surface area contributed by atoms with Gasteiger partial charge in [0.05, 0.1) is 5.75 Å². The lowest BCUT2D eigenvalue weighted by Crippen LogP contribution is -2.16. The molecule has 0 unspecified atom stereocenters. The summed E-state index contributed by atoms with van der Waals surface area (Å²) in [7, 11) is 0. The number of aromatic nitrogens is 4. The lowest BCUT2D eigenvalue weighted by molar-refractivity contribution is -0.113. The third-order valence-electron chi connectivity index (χ3n) is 3.68. The molecule has 3 rings (SSSR count). The molecular formula is C17H20N6OS2. The van der Waals surface area contributed by atoms with Gasteiger partial charge in [0, 0.05) is 17.1 Å². The van der Waals surface area contributed by atoms with Crippen molar-refractivity contribution in [3.63, 3.8) is 0 Å². The van der Waals surface area contributed by atoms with Gasteiger partial charge < -0.3 is 11.2 Å². The molecule has 7 nitrogen and oxygen atoms in total. The molecule has 0 aliphatic carbocycles. The molecule has 0 fully saturated rings. The highest BCUT2D eigenvalue weighted by atomic mass is 32.2. The van der Waals surface area contributed by atoms with Crippen molar-refractivity contribution in [2.75, 3.05) is 16.9 Å². The third-order valence-corrected chi connectivity index (χ3v) is 5.32. The zero-order valence-corrected chi connectivity index (χ0v) is 16.4. The van der Waals surface area contributed by atoms with E-state index in [-0.39, 0.29) is 17.1 Å². The second-order valence-electron chi connectivity index (χ2n) is 6.68. The minimum Gasteiger partial charge on any atom is -0.335 e. The fourth-order valence-electron chi connectivity index (χ4n) is 2.26. The molecular weight excluding hydrogens is 368 g/mol. The van der Waals surface area contributed by atoms with E-state index in [0.717, 1.165) is 5.56 Å². The van der Waals surface area contributed by atoms with E-state index >= 15 is 0 Å². The summed E-state index contributed by atoms with van der Waals surface area (Å²) in [6.45, 7) is 6.50. The number of carbonyl (C=O) groups is 1. The highest BCUT2D eigenvalue weighted by molar-refractivity contribution is 7.99. The summed E-state index contributed by atoms with van der Waals surface area (Å²) in [5, 5.41) is 13.8. The number of thiazole rings is 1. The molecule has 0 saturated heterocycles. The van der Waals surface area contributed by atoms with Crippen molar-refractivity contribution >= 4 is 34.1 Å². The Hall–Kier alpha value is -2.39. The van der Waals surface area contributed by atoms with Crippen LogP contribution in [0.25, 0.3) is 11.4 Å². The van der Waals surface area contributed by atoms with Gasteiger partial charge in [-0.05, 0) is 11.0 Å². The van der Waals surface area contributed by atoms with Crippen LogP contribution in [0.5, 0.6) is 0 Å². The standard InChI is InChI=1S/C17H20N6OS2/c1-17(2,3)12-6-4-11(5-7-12)14-21-22-16(23(14)18)26-10-13(24)20-15-19-8-9-25-15/h4-9H,10,18H2,1-3H3,(H,19,20,24). The maximum Gasteiger partial charge on any atom is 0.236 e. The molecule has 0 bridgehead atoms. The quantitative estimate of drug-likeness (QED) is 0.515. The van der Waals surface area contributed by atoms with Gasteiger partial charge in [0.25, 0.3) is 0 Å². The lowest BCUT2D eigenvalue weighted by atomic mass is 9.87. The van der Waals surface area contributed by atoms with E-state index in [1.807, 2.05) is 12.1 Å². The number of amides is 1. The molecule has 0 spiro atoms. The molecule has 0 atom stereocenters. The summed E-state index contributed by atoms with van der Waals surface area (Å²) in [6, 6.07) is 8.10. The molecule has 0 saturated carbocycles. The van der Waals surface area contributed by atoms with E-state index in [9.17, 15) is 4.79 Å². The minimum atomic E-state index is -0.163. The van der Waals surface area contributed by atoms with E-state index in [1.165, 1.54) is 33.3 Å². The predicted octanol–water partition coefficient (Wildman–Crippen LogP) is 3.14. The minimum absolute atomic E-state index is 0.0840. The first kappa shape index (κ1) is 18.4. The van der Waals surface area contributed by atoms with Crippen LogP contribution in [0.15, 0.2) is 41.0 Å². The number of benzene rings is 1. The molecule has 2 aromatic heterocycles. The maximum atomic E-state index is 11.9. The Labute approximate surface area is 160 Å². The fraction of sp³-hybridized carbons (Fsp3) is 0.294. The van der Waals surface area contributed by atoms with Crippen LogP contribution in [-0.2, 0) is 10.2 Å². The van der Waals surface area contributed by atoms with Crippen molar-refractivity contribution in [3.05, 3.63) is 41.4 Å². The molecule has 3 aromatic rings. The Balaban J connectivity index is 1.67. The normalized spacial score (nSPS) is 11.5. The number of hydrogen-bond donors (Lipinski definition) is 2. The number of nitrogens with two attached hydrogens (primary N) is 1. The van der Waals surface area contributed by atoms with E-state index in [1.54, 1.807) is 11.6 Å². The van der Waals surface area contributed by atoms with Gasteiger partial charge in [-0.25, -0.2) is 9.66 Å². The SMILES string of the molecule is CC(C)(C)c1ccc(-c2nnc(SCC(=O)Nc3nccs3)n2N)cc1. The Kier molecular flexibility index (Phi) is 5.28. The van der Waals surface area contributed by atoms with E-state index < -0.39 is 0 Å². The Morgan fingerprint density at radius 1 is 1.27 bits per heavy atom. The van der Waals surface area contributed by atoms with Crippen LogP contribution in [0, 0.1) is 0 Å². The smallest absolute Gasteiger partial charge is 0.236 e. The van der Waals surface area contributed by atoms with Crippen LogP contribution in [0.3, 0.4) is 0 Å². The number of anilines is 1. The number of nitrogens with zero attached hydrogens (tertiary/aromatic N) is 4. The van der Waals surface area contributed by atoms with Gasteiger partial charge in [-0.15, -0.1) is 21.5 Å². The number of rotatable bonds is 5. The second kappa shape index (κ2) is 7.46. The molecule has 3 N–H and O–H groups in total. The predicted molar refractivity (Wildman–Crippen MR) is 106 cm³/mol. The number of hydrogen-bond acceptors (Lipinski definition) is 7. The van der Waals surface area contributed by atoms with Gasteiger partial charge in [-0.1, -0.05) is 56.8 Å². The first-order valence-electron chi connectivity index (χ1n) is 7.98. The van der Waals surface area contributed by atoms with Gasteiger partial charge >= 0.3 is 0 Å². The van der Waals surface area contributed by atoms with Crippen LogP contribution in [0.2, 0.25) is 0 Å². The molecule has 26 heavy (non-hydrogen) atoms. The number of carbonyl (C=O) groups excluding carboxylic acids is 1. The monoisotopic (exact) mass is 388 g/mol. The topological polar surface area (TPSA) is 98.7 Å². The summed E-state index contributed by atoms with van der Waals surface area (Å²) in [4.78, 5) is 16.0. The van der Waals surface area contributed by atoms with E-state index in [4.69, 9.17) is 5.84 Å². The average Bonchev–Trinajstić information content (AvgIpc) is 3.22. The van der Waals surface area contributed by atoms with Gasteiger partial charge in [0.2, 0.25) is 11.1 Å². The largest absolute Gasteiger partial charge is 0.335 e. The first-order valence-corrected chi connectivity index (χ1v) is 9.84. The zero-order chi connectivity index (χ0) is 18.7. The van der Waals surface area contributed by atoms with Crippen molar-refractivity contribution in [1.29, 1.82) is 0 Å². The van der Waals surface area contributed by atoms with Crippen molar-refractivity contribution < 1.29 is 4.79 Å². The number of nitrogen functional groups attached to an aromatic ring is 1. The highest BCUT2D eigenvalue weighted by Crippen LogP contribution is 2.26. The van der Waals surface area contributed by atoms with Crippen molar-refractivity contribution in [1.82, 2.24) is 19.9 Å². The zero-order valence-electron chi connectivity index (χ0n) is 14.8. The summed E-state index contributed by atoms with van der Waals surface area (Å²) >= 11 is 2.60. The molecule has 1 aromatic carbocycles. The van der Waals surface area contributed by atoms with Crippen LogP contribution >= 0.6 is 23.1 Å². The fourth-order valence-corrected chi connectivity index (χ4v) is 3.46. The van der Waals surface area contributed by atoms with Crippen molar-refractivity contribution in [2.45, 2.75) is 31.3 Å². The Morgan fingerprint density at radius 2 is 2.00 bits per heavy atom. The highest BCUT2D eigenvalue weighted by Gasteiger charge is 2.16. The second-order valence-corrected chi connectivity index (χ2v) is 8.51. The molecule has 9 heteroatoms. The molecule has 2 heterocycles. The molecule has 0 radical (unpaired) electrons. The molecule has 0 aliphatic rings. The van der Waals surface area contributed by atoms with Crippen LogP contribution < -0.4 is 11.2 Å². The van der Waals surface area contributed by atoms with Crippen LogP contribution in [0.1, 0.15) is 26.3 Å². The Morgan fingerprint density at radius 3 is 2.62 bits per heavy atom. The summed E-state index contributed by atoms with van der Waals surface area (Å²) in [5.74, 6) is 6.69. The summed E-state index contributed by atoms with van der Waals surface area (Å²) < 4.78 is 1.41. The number of thioether (sulfide) groups is 1. The molecule has 0 aliphatic heterocycles. The summed E-state index contributed by atoms with van der Waals surface area (Å²) in [5.41, 5.74) is 2.20. The third kappa shape index (κ3) is 4.23. The lowest BCUT2D eigenvalue weighted by Gasteiger charge is -2.19. The van der Waals surface area contributed by atoms with Crippen molar-refractivity contribution in [2.24, 2.45) is 0 Å². The van der Waals surface area contributed by atoms with E-state index in [0.29, 0.717) is 16.1 Å². The first-order chi connectivity index (χ1) is 12.3. The summed E-state index contributed by atoms with van der Waals surface area (Å²) in [6.07, 6.45) is 1.64. The maximum absolute atomic E-state index is 11.9.